The Labute approximate surface area is 212 Å². The van der Waals surface area contributed by atoms with E-state index in [2.05, 4.69) is 30.1 Å². The third kappa shape index (κ3) is 5.59. The minimum absolute atomic E-state index is 0.00786. The second-order valence-electron chi connectivity index (χ2n) is 9.17. The molecule has 0 aromatic heterocycles. The van der Waals surface area contributed by atoms with E-state index < -0.39 is 0 Å². The van der Waals surface area contributed by atoms with E-state index in [1.165, 1.54) is 0 Å². The van der Waals surface area contributed by atoms with Gasteiger partial charge in [-0.2, -0.15) is 5.26 Å². The van der Waals surface area contributed by atoms with Crippen LogP contribution < -0.4 is 21.5 Å². The van der Waals surface area contributed by atoms with Gasteiger partial charge in [0.2, 0.25) is 5.91 Å². The molecule has 0 bridgehead atoms. The Balaban J connectivity index is 1.52. The standard InChI is InChI=1S/C30H32N4O2/c1-2-4-25-16-26(24-6-3-5-22(15-24)18-31)17-29(28(25)19-32)33-27-11-13-34(14-12-27)30(36)23-9-7-21(20-35)8-10-23/h2-9,15-17,19,23,27,33,35H,1,10-14,20,32H2/b25-4-,28-19+. The third-order valence-corrected chi connectivity index (χ3v) is 6.84. The first-order valence-corrected chi connectivity index (χ1v) is 12.3. The molecule has 6 nitrogen and oxygen atoms in total. The van der Waals surface area contributed by atoms with E-state index in [-0.39, 0.29) is 24.5 Å². The van der Waals surface area contributed by atoms with E-state index in [1.54, 1.807) is 18.3 Å². The molecule has 4 N–H and O–H groups in total. The van der Waals surface area contributed by atoms with Gasteiger partial charge in [0.05, 0.1) is 24.2 Å². The zero-order valence-corrected chi connectivity index (χ0v) is 20.4. The van der Waals surface area contributed by atoms with Crippen molar-refractivity contribution in [2.24, 2.45) is 11.7 Å². The summed E-state index contributed by atoms with van der Waals surface area (Å²) < 4.78 is 0. The Hall–Kier alpha value is -4.08. The zero-order valence-electron chi connectivity index (χ0n) is 20.4. The van der Waals surface area contributed by atoms with Gasteiger partial charge in [-0.25, -0.2) is 0 Å². The number of anilines is 1. The van der Waals surface area contributed by atoms with Gasteiger partial charge in [0, 0.05) is 36.2 Å². The molecule has 1 unspecified atom stereocenters. The highest BCUT2D eigenvalue weighted by atomic mass is 16.3. The fourth-order valence-corrected chi connectivity index (χ4v) is 4.84. The van der Waals surface area contributed by atoms with Gasteiger partial charge < -0.3 is 21.1 Å². The highest BCUT2D eigenvalue weighted by Gasteiger charge is 2.27. The number of carbonyl (C=O) groups is 1. The van der Waals surface area contributed by atoms with Crippen LogP contribution in [0.2, 0.25) is 0 Å². The Bertz CT molecular complexity index is 1360. The van der Waals surface area contributed by atoms with Gasteiger partial charge >= 0.3 is 0 Å². The minimum atomic E-state index is -0.152. The van der Waals surface area contributed by atoms with Gasteiger partial charge in [0.15, 0.2) is 0 Å². The van der Waals surface area contributed by atoms with E-state index in [9.17, 15) is 15.2 Å². The zero-order chi connectivity index (χ0) is 25.5. The molecule has 0 saturated carbocycles. The van der Waals surface area contributed by atoms with E-state index in [1.807, 2.05) is 47.4 Å². The number of allylic oxidation sites excluding steroid dienone is 2. The number of likely N-dealkylation sites (tertiary alicyclic amines) is 1. The Kier molecular flexibility index (Phi) is 8.04. The fourth-order valence-electron chi connectivity index (χ4n) is 4.84. The predicted octanol–water partition coefficient (Wildman–Crippen LogP) is 2.79. The molecule has 1 heterocycles. The number of nitrogens with zero attached hydrogens (tertiary/aromatic N) is 2. The second kappa shape index (κ2) is 11.6. The smallest absolute Gasteiger partial charge is 0.229 e. The predicted molar refractivity (Wildman–Crippen MR) is 145 cm³/mol. The van der Waals surface area contributed by atoms with Crippen LogP contribution in [-0.4, -0.2) is 41.7 Å². The number of rotatable bonds is 6. The van der Waals surface area contributed by atoms with Crippen molar-refractivity contribution in [3.63, 3.8) is 0 Å². The lowest BCUT2D eigenvalue weighted by Gasteiger charge is -2.35. The maximum Gasteiger partial charge on any atom is 0.229 e. The molecule has 2 aromatic rings. The van der Waals surface area contributed by atoms with Gasteiger partial charge in [-0.1, -0.05) is 49.1 Å². The number of amides is 1. The number of aliphatic hydroxyl groups excluding tert-OH is 1. The highest BCUT2D eigenvalue weighted by Crippen LogP contribution is 2.24. The Morgan fingerprint density at radius 3 is 2.69 bits per heavy atom. The summed E-state index contributed by atoms with van der Waals surface area (Å²) in [7, 11) is 0. The number of aliphatic hydroxyl groups is 1. The first-order valence-electron chi connectivity index (χ1n) is 12.3. The van der Waals surface area contributed by atoms with Crippen LogP contribution in [0.5, 0.6) is 0 Å². The van der Waals surface area contributed by atoms with Gasteiger partial charge in [0.1, 0.15) is 0 Å². The largest absolute Gasteiger partial charge is 0.404 e. The van der Waals surface area contributed by atoms with Crippen LogP contribution in [0.3, 0.4) is 0 Å². The molecule has 1 atom stereocenters. The van der Waals surface area contributed by atoms with Gasteiger partial charge in [-0.15, -0.1) is 0 Å². The molecule has 2 aliphatic rings. The molecule has 6 heteroatoms. The van der Waals surface area contributed by atoms with Crippen LogP contribution in [-0.2, 0) is 4.79 Å². The normalized spacial score (nSPS) is 19.1. The molecule has 1 aliphatic carbocycles. The monoisotopic (exact) mass is 480 g/mol. The lowest BCUT2D eigenvalue weighted by Crippen LogP contribution is -2.45. The molecule has 1 fully saturated rings. The van der Waals surface area contributed by atoms with Crippen LogP contribution in [0.1, 0.15) is 24.8 Å². The molecule has 36 heavy (non-hydrogen) atoms. The van der Waals surface area contributed by atoms with Crippen molar-refractivity contribution in [1.82, 2.24) is 4.90 Å². The first-order chi connectivity index (χ1) is 17.6. The Morgan fingerprint density at radius 1 is 1.25 bits per heavy atom. The lowest BCUT2D eigenvalue weighted by atomic mass is 9.94. The van der Waals surface area contributed by atoms with E-state index in [4.69, 9.17) is 5.73 Å². The summed E-state index contributed by atoms with van der Waals surface area (Å²) in [4.78, 5) is 14.9. The SMILES string of the molecule is C=C/C=c1/cc(-c2cccc(C#N)c2)cc(NC2CCN(C(=O)C3C=CC(CO)=CC3)CC2)/c1=C/N. The first kappa shape index (κ1) is 25.0. The van der Waals surface area contributed by atoms with Gasteiger partial charge in [-0.05, 0) is 65.4 Å². The highest BCUT2D eigenvalue weighted by molar-refractivity contribution is 5.81. The van der Waals surface area contributed by atoms with Crippen LogP contribution in [0.4, 0.5) is 5.69 Å². The maximum absolute atomic E-state index is 13.0. The molecule has 1 amide bonds. The molecule has 184 valence electrons. The van der Waals surface area contributed by atoms with Gasteiger partial charge in [-0.3, -0.25) is 4.79 Å². The molecular formula is C30H32N4O2. The average Bonchev–Trinajstić information content (AvgIpc) is 2.93. The second-order valence-corrected chi connectivity index (χ2v) is 9.17. The van der Waals surface area contributed by atoms with Crippen molar-refractivity contribution >= 4 is 23.9 Å². The van der Waals surface area contributed by atoms with E-state index >= 15 is 0 Å². The van der Waals surface area contributed by atoms with E-state index in [0.29, 0.717) is 25.1 Å². The summed E-state index contributed by atoms with van der Waals surface area (Å²) in [5, 5.41) is 24.1. The molecule has 1 aliphatic heterocycles. The summed E-state index contributed by atoms with van der Waals surface area (Å²) >= 11 is 0. The number of piperidine rings is 1. The van der Waals surface area contributed by atoms with Crippen molar-refractivity contribution in [3.05, 3.63) is 88.9 Å². The van der Waals surface area contributed by atoms with E-state index in [0.717, 1.165) is 45.7 Å². The van der Waals surface area contributed by atoms with Crippen molar-refractivity contribution < 1.29 is 9.90 Å². The molecular weight excluding hydrogens is 448 g/mol. The van der Waals surface area contributed by atoms with Crippen molar-refractivity contribution in [2.45, 2.75) is 25.3 Å². The summed E-state index contributed by atoms with van der Waals surface area (Å²) in [5.74, 6) is -0.00253. The maximum atomic E-state index is 13.0. The van der Waals surface area contributed by atoms with Crippen molar-refractivity contribution in [3.8, 4) is 17.2 Å². The number of nitriles is 1. The number of benzene rings is 2. The number of nitrogens with two attached hydrogens (primary N) is 1. The topological polar surface area (TPSA) is 102 Å². The third-order valence-electron chi connectivity index (χ3n) is 6.84. The number of nitrogens with one attached hydrogen (secondary N) is 1. The Morgan fingerprint density at radius 2 is 2.06 bits per heavy atom. The number of hydrogen-bond donors (Lipinski definition) is 3. The summed E-state index contributed by atoms with van der Waals surface area (Å²) in [6, 6.07) is 14.1. The summed E-state index contributed by atoms with van der Waals surface area (Å²) in [6.45, 7) is 5.23. The molecule has 0 radical (unpaired) electrons. The minimum Gasteiger partial charge on any atom is -0.404 e. The molecule has 1 saturated heterocycles. The van der Waals surface area contributed by atoms with Crippen LogP contribution >= 0.6 is 0 Å². The molecule has 0 spiro atoms. The van der Waals surface area contributed by atoms with Crippen molar-refractivity contribution in [2.75, 3.05) is 25.0 Å². The number of carbonyl (C=O) groups excluding carboxylic acids is 1. The molecule has 4 rings (SSSR count). The summed E-state index contributed by atoms with van der Waals surface area (Å²) in [5.41, 5.74) is 10.4. The van der Waals surface area contributed by atoms with Crippen LogP contribution in [0.15, 0.2) is 72.9 Å². The quantitative estimate of drug-likeness (QED) is 0.590. The van der Waals surface area contributed by atoms with Crippen LogP contribution in [0.25, 0.3) is 23.4 Å². The number of hydrogen-bond acceptors (Lipinski definition) is 5. The average molecular weight is 481 g/mol. The lowest BCUT2D eigenvalue weighted by molar-refractivity contribution is -0.134. The van der Waals surface area contributed by atoms with Crippen molar-refractivity contribution in [1.29, 1.82) is 5.26 Å². The fraction of sp³-hybridized carbons (Fsp3) is 0.267. The van der Waals surface area contributed by atoms with Crippen LogP contribution in [0, 0.1) is 17.2 Å². The summed E-state index contributed by atoms with van der Waals surface area (Å²) in [6.07, 6.45) is 13.3. The van der Waals surface area contributed by atoms with Gasteiger partial charge in [0.25, 0.3) is 0 Å². The molecule has 2 aromatic carbocycles.